The zero-order valence-electron chi connectivity index (χ0n) is 14.3. The number of rotatable bonds is 5. The fraction of sp³-hybridized carbons (Fsp3) is 1.00. The van der Waals surface area contributed by atoms with E-state index in [0.29, 0.717) is 6.04 Å². The molecule has 0 aromatic carbocycles. The van der Waals surface area contributed by atoms with Crippen molar-refractivity contribution in [3.8, 4) is 0 Å². The predicted octanol–water partition coefficient (Wildman–Crippen LogP) is 4.59. The van der Waals surface area contributed by atoms with Gasteiger partial charge in [-0.3, -0.25) is 0 Å². The van der Waals surface area contributed by atoms with Gasteiger partial charge in [0.25, 0.3) is 0 Å². The zero-order chi connectivity index (χ0) is 14.6. The number of nitrogens with one attached hydrogen (secondary N) is 1. The largest absolute Gasteiger partial charge is 0.312 e. The summed E-state index contributed by atoms with van der Waals surface area (Å²) in [6, 6.07) is 1.45. The van der Waals surface area contributed by atoms with Gasteiger partial charge in [0.1, 0.15) is 0 Å². The summed E-state index contributed by atoms with van der Waals surface area (Å²) in [5.74, 6) is 0. The van der Waals surface area contributed by atoms with Gasteiger partial charge < -0.3 is 10.2 Å². The molecule has 0 saturated heterocycles. The molecule has 1 saturated carbocycles. The van der Waals surface area contributed by atoms with Crippen molar-refractivity contribution in [3.63, 3.8) is 0 Å². The molecular formula is C18H38N2. The van der Waals surface area contributed by atoms with Gasteiger partial charge in [-0.2, -0.15) is 0 Å². The minimum Gasteiger partial charge on any atom is -0.312 e. The lowest BCUT2D eigenvalue weighted by atomic mass is 9.93. The van der Waals surface area contributed by atoms with E-state index >= 15 is 0 Å². The highest BCUT2D eigenvalue weighted by atomic mass is 15.2. The fourth-order valence-electron chi connectivity index (χ4n) is 3.50. The molecule has 2 unspecified atom stereocenters. The fourth-order valence-corrected chi connectivity index (χ4v) is 3.50. The second-order valence-corrected chi connectivity index (χ2v) is 6.61. The first-order chi connectivity index (χ1) is 9.79. The SMILES string of the molecule is CCCNC1CCCCCCCCCCC1N(C)CC. The molecule has 0 aliphatic heterocycles. The zero-order valence-corrected chi connectivity index (χ0v) is 14.3. The molecule has 1 aliphatic rings. The van der Waals surface area contributed by atoms with Gasteiger partial charge in [0.2, 0.25) is 0 Å². The molecule has 0 aromatic rings. The lowest BCUT2D eigenvalue weighted by Crippen LogP contribution is -2.49. The van der Waals surface area contributed by atoms with Gasteiger partial charge in [-0.05, 0) is 39.4 Å². The van der Waals surface area contributed by atoms with E-state index in [4.69, 9.17) is 0 Å². The van der Waals surface area contributed by atoms with Crippen LogP contribution in [0.25, 0.3) is 0 Å². The van der Waals surface area contributed by atoms with Crippen LogP contribution < -0.4 is 5.32 Å². The smallest absolute Gasteiger partial charge is 0.0246 e. The van der Waals surface area contributed by atoms with E-state index in [-0.39, 0.29) is 0 Å². The minimum absolute atomic E-state index is 0.708. The van der Waals surface area contributed by atoms with Crippen molar-refractivity contribution in [1.82, 2.24) is 10.2 Å². The van der Waals surface area contributed by atoms with Gasteiger partial charge in [0.15, 0.2) is 0 Å². The lowest BCUT2D eigenvalue weighted by Gasteiger charge is -2.35. The summed E-state index contributed by atoms with van der Waals surface area (Å²) in [4.78, 5) is 2.58. The highest BCUT2D eigenvalue weighted by Gasteiger charge is 2.23. The molecule has 1 N–H and O–H groups in total. The van der Waals surface area contributed by atoms with Gasteiger partial charge in [-0.1, -0.05) is 65.2 Å². The predicted molar refractivity (Wildman–Crippen MR) is 90.3 cm³/mol. The van der Waals surface area contributed by atoms with E-state index in [1.807, 2.05) is 0 Å². The van der Waals surface area contributed by atoms with Crippen molar-refractivity contribution in [2.75, 3.05) is 20.1 Å². The second-order valence-electron chi connectivity index (χ2n) is 6.61. The van der Waals surface area contributed by atoms with E-state index in [0.717, 1.165) is 6.04 Å². The Bertz CT molecular complexity index is 217. The number of nitrogens with zero attached hydrogens (tertiary/aromatic N) is 1. The molecule has 2 atom stereocenters. The van der Waals surface area contributed by atoms with Crippen LogP contribution in [0.5, 0.6) is 0 Å². The topological polar surface area (TPSA) is 15.3 Å². The molecular weight excluding hydrogens is 244 g/mol. The summed E-state index contributed by atoms with van der Waals surface area (Å²) in [5.41, 5.74) is 0. The van der Waals surface area contributed by atoms with E-state index in [1.165, 1.54) is 83.7 Å². The Morgan fingerprint density at radius 2 is 1.40 bits per heavy atom. The van der Waals surface area contributed by atoms with Gasteiger partial charge >= 0.3 is 0 Å². The Morgan fingerprint density at radius 1 is 0.850 bits per heavy atom. The number of hydrogen-bond acceptors (Lipinski definition) is 2. The van der Waals surface area contributed by atoms with Crippen molar-refractivity contribution in [2.24, 2.45) is 0 Å². The Labute approximate surface area is 127 Å². The summed E-state index contributed by atoms with van der Waals surface area (Å²) in [7, 11) is 2.32. The molecule has 0 heterocycles. The molecule has 0 amide bonds. The molecule has 120 valence electrons. The molecule has 0 bridgehead atoms. The molecule has 0 spiro atoms. The van der Waals surface area contributed by atoms with Crippen LogP contribution in [-0.2, 0) is 0 Å². The third kappa shape index (κ3) is 7.08. The molecule has 0 aromatic heterocycles. The normalized spacial score (nSPS) is 27.0. The van der Waals surface area contributed by atoms with E-state index < -0.39 is 0 Å². The quantitative estimate of drug-likeness (QED) is 0.793. The van der Waals surface area contributed by atoms with Gasteiger partial charge in [0.05, 0.1) is 0 Å². The standard InChI is InChI=1S/C18H38N2/c1-4-16-19-17-14-12-10-8-6-7-9-11-13-15-18(17)20(3)5-2/h17-19H,4-16H2,1-3H3. The Hall–Kier alpha value is -0.0800. The second kappa shape index (κ2) is 11.6. The molecule has 20 heavy (non-hydrogen) atoms. The van der Waals surface area contributed by atoms with Gasteiger partial charge in [-0.25, -0.2) is 0 Å². The van der Waals surface area contributed by atoms with Crippen molar-refractivity contribution < 1.29 is 0 Å². The molecule has 1 rings (SSSR count). The maximum atomic E-state index is 3.85. The van der Waals surface area contributed by atoms with E-state index in [2.05, 4.69) is 31.1 Å². The van der Waals surface area contributed by atoms with E-state index in [1.54, 1.807) is 0 Å². The number of hydrogen-bond donors (Lipinski definition) is 1. The van der Waals surface area contributed by atoms with Crippen LogP contribution in [0.3, 0.4) is 0 Å². The van der Waals surface area contributed by atoms with Crippen molar-refractivity contribution in [2.45, 2.75) is 96.6 Å². The average Bonchev–Trinajstić information content (AvgIpc) is 2.46. The molecule has 1 aliphatic carbocycles. The Balaban J connectivity index is 2.59. The summed E-state index contributed by atoms with van der Waals surface area (Å²) in [6.07, 6.45) is 15.5. The summed E-state index contributed by atoms with van der Waals surface area (Å²) >= 11 is 0. The van der Waals surface area contributed by atoms with Crippen LogP contribution in [0, 0.1) is 0 Å². The minimum atomic E-state index is 0.708. The maximum Gasteiger partial charge on any atom is 0.0246 e. The monoisotopic (exact) mass is 282 g/mol. The third-order valence-corrected chi connectivity index (χ3v) is 4.95. The summed E-state index contributed by atoms with van der Waals surface area (Å²) in [6.45, 7) is 6.93. The van der Waals surface area contributed by atoms with Crippen LogP contribution in [0.1, 0.15) is 84.5 Å². The third-order valence-electron chi connectivity index (χ3n) is 4.95. The Morgan fingerprint density at radius 3 is 1.95 bits per heavy atom. The van der Waals surface area contributed by atoms with Crippen molar-refractivity contribution >= 4 is 0 Å². The van der Waals surface area contributed by atoms with Gasteiger partial charge in [0, 0.05) is 12.1 Å². The highest BCUT2D eigenvalue weighted by molar-refractivity contribution is 4.83. The first-order valence-electron chi connectivity index (χ1n) is 9.23. The van der Waals surface area contributed by atoms with Crippen LogP contribution in [0.2, 0.25) is 0 Å². The summed E-state index contributed by atoms with van der Waals surface area (Å²) < 4.78 is 0. The first-order valence-corrected chi connectivity index (χ1v) is 9.23. The molecule has 1 fully saturated rings. The molecule has 2 nitrogen and oxygen atoms in total. The molecule has 2 heteroatoms. The number of likely N-dealkylation sites (N-methyl/N-ethyl adjacent to an activating group) is 1. The summed E-state index contributed by atoms with van der Waals surface area (Å²) in [5, 5.41) is 3.85. The Kier molecular flexibility index (Phi) is 10.4. The van der Waals surface area contributed by atoms with Crippen LogP contribution >= 0.6 is 0 Å². The lowest BCUT2D eigenvalue weighted by molar-refractivity contribution is 0.175. The van der Waals surface area contributed by atoms with Crippen LogP contribution in [-0.4, -0.2) is 37.1 Å². The highest BCUT2D eigenvalue weighted by Crippen LogP contribution is 2.20. The van der Waals surface area contributed by atoms with Crippen LogP contribution in [0.15, 0.2) is 0 Å². The van der Waals surface area contributed by atoms with Crippen molar-refractivity contribution in [3.05, 3.63) is 0 Å². The van der Waals surface area contributed by atoms with Crippen molar-refractivity contribution in [1.29, 1.82) is 0 Å². The van der Waals surface area contributed by atoms with Gasteiger partial charge in [-0.15, -0.1) is 0 Å². The maximum absolute atomic E-state index is 3.85. The van der Waals surface area contributed by atoms with E-state index in [9.17, 15) is 0 Å². The molecule has 0 radical (unpaired) electrons. The average molecular weight is 283 g/mol. The van der Waals surface area contributed by atoms with Crippen LogP contribution in [0.4, 0.5) is 0 Å². The first kappa shape index (κ1) is 18.0.